The van der Waals surface area contributed by atoms with Gasteiger partial charge < -0.3 is 14.7 Å². The second-order valence-corrected chi connectivity index (χ2v) is 12.2. The fourth-order valence-electron chi connectivity index (χ4n) is 4.37. The first-order valence-electron chi connectivity index (χ1n) is 12.7. The molecule has 1 fully saturated rings. The van der Waals surface area contributed by atoms with E-state index in [1.807, 2.05) is 18.3 Å². The quantitative estimate of drug-likeness (QED) is 0.466. The first-order valence-corrected chi connectivity index (χ1v) is 14.4. The second kappa shape index (κ2) is 11.7. The summed E-state index contributed by atoms with van der Waals surface area (Å²) in [7, 11) is 0.934. The van der Waals surface area contributed by atoms with Crippen LogP contribution in [0.2, 0.25) is 0 Å². The summed E-state index contributed by atoms with van der Waals surface area (Å²) in [6, 6.07) is 3.75. The van der Waals surface area contributed by atoms with Crippen LogP contribution in [0.4, 0.5) is 5.82 Å². The fraction of sp³-hybridized carbons (Fsp3) is 0.680. The molecule has 35 heavy (non-hydrogen) atoms. The molecule has 0 bridgehead atoms. The number of sulfonamides is 1. The number of piperazine rings is 1. The molecule has 9 nitrogen and oxygen atoms in total. The first-order chi connectivity index (χ1) is 16.6. The van der Waals surface area contributed by atoms with Gasteiger partial charge in [-0.1, -0.05) is 20.8 Å². The van der Waals surface area contributed by atoms with Gasteiger partial charge in [0, 0.05) is 52.0 Å². The van der Waals surface area contributed by atoms with Gasteiger partial charge in [-0.3, -0.25) is 9.20 Å². The van der Waals surface area contributed by atoms with Crippen molar-refractivity contribution in [2.45, 2.75) is 40.5 Å². The minimum Gasteiger partial charge on any atom is -0.355 e. The molecular weight excluding hydrogens is 464 g/mol. The molecule has 1 aliphatic heterocycles. The molecule has 1 aliphatic rings. The van der Waals surface area contributed by atoms with E-state index in [1.54, 1.807) is 11.8 Å². The summed E-state index contributed by atoms with van der Waals surface area (Å²) in [5, 5.41) is 0. The van der Waals surface area contributed by atoms with E-state index >= 15 is 0 Å². The predicted molar refractivity (Wildman–Crippen MR) is 142 cm³/mol. The van der Waals surface area contributed by atoms with Crippen molar-refractivity contribution < 1.29 is 13.2 Å². The topological polar surface area (TPSA) is 81.5 Å². The standard InChI is InChI=1S/C25H42N6O3S/c1-7-22-24(28(12-11-20(3)4)14-13-27(5)6)31-19-21(9-10-23(31)26-22)25(32)29-15-17-30(18-16-29)35(33,34)8-2/h9-10,19-20H,7-8,11-18H2,1-6H3. The summed E-state index contributed by atoms with van der Waals surface area (Å²) < 4.78 is 27.9. The van der Waals surface area contributed by atoms with Gasteiger partial charge in [0.2, 0.25) is 10.0 Å². The van der Waals surface area contributed by atoms with E-state index in [0.29, 0.717) is 37.7 Å². The van der Waals surface area contributed by atoms with Gasteiger partial charge in [0.1, 0.15) is 11.5 Å². The van der Waals surface area contributed by atoms with Gasteiger partial charge in [-0.15, -0.1) is 0 Å². The lowest BCUT2D eigenvalue weighted by molar-refractivity contribution is 0.0697. The van der Waals surface area contributed by atoms with Crippen LogP contribution in [0.3, 0.4) is 0 Å². The molecule has 3 rings (SSSR count). The minimum absolute atomic E-state index is 0.0693. The molecule has 2 aromatic rings. The average Bonchev–Trinajstić information content (AvgIpc) is 3.21. The number of carbonyl (C=O) groups excluding carboxylic acids is 1. The van der Waals surface area contributed by atoms with Gasteiger partial charge >= 0.3 is 0 Å². The molecule has 0 aliphatic carbocycles. The number of rotatable bonds is 11. The maximum absolute atomic E-state index is 13.4. The molecule has 0 radical (unpaired) electrons. The molecule has 196 valence electrons. The zero-order valence-corrected chi connectivity index (χ0v) is 23.0. The number of imidazole rings is 1. The van der Waals surface area contributed by atoms with E-state index in [9.17, 15) is 13.2 Å². The largest absolute Gasteiger partial charge is 0.355 e. The zero-order valence-electron chi connectivity index (χ0n) is 22.2. The monoisotopic (exact) mass is 506 g/mol. The number of carbonyl (C=O) groups is 1. The van der Waals surface area contributed by atoms with Crippen LogP contribution in [-0.4, -0.2) is 103 Å². The summed E-state index contributed by atoms with van der Waals surface area (Å²) in [6.07, 6.45) is 3.80. The third-order valence-corrected chi connectivity index (χ3v) is 8.50. The molecule has 0 N–H and O–H groups in total. The Balaban J connectivity index is 1.89. The van der Waals surface area contributed by atoms with Gasteiger partial charge in [-0.2, -0.15) is 4.31 Å². The van der Waals surface area contributed by atoms with E-state index in [1.165, 1.54) is 4.31 Å². The third kappa shape index (κ3) is 6.54. The molecule has 0 saturated carbocycles. The van der Waals surface area contributed by atoms with Gasteiger partial charge in [0.25, 0.3) is 5.91 Å². The van der Waals surface area contributed by atoms with E-state index in [4.69, 9.17) is 4.98 Å². The van der Waals surface area contributed by atoms with E-state index < -0.39 is 10.0 Å². The van der Waals surface area contributed by atoms with Gasteiger partial charge in [-0.25, -0.2) is 13.4 Å². The van der Waals surface area contributed by atoms with Crippen LogP contribution in [0.5, 0.6) is 0 Å². The van der Waals surface area contributed by atoms with Crippen LogP contribution >= 0.6 is 0 Å². The molecule has 1 saturated heterocycles. The van der Waals surface area contributed by atoms with Crippen molar-refractivity contribution >= 4 is 27.4 Å². The van der Waals surface area contributed by atoms with Gasteiger partial charge in [0.15, 0.2) is 0 Å². The molecule has 2 aromatic heterocycles. The highest BCUT2D eigenvalue weighted by Gasteiger charge is 2.28. The molecule has 1 amide bonds. The van der Waals surface area contributed by atoms with E-state index in [-0.39, 0.29) is 11.7 Å². The van der Waals surface area contributed by atoms with Crippen molar-refractivity contribution in [3.63, 3.8) is 0 Å². The van der Waals surface area contributed by atoms with Crippen LogP contribution in [-0.2, 0) is 16.4 Å². The zero-order chi connectivity index (χ0) is 25.8. The van der Waals surface area contributed by atoms with Crippen LogP contribution in [0, 0.1) is 5.92 Å². The van der Waals surface area contributed by atoms with Crippen LogP contribution < -0.4 is 4.90 Å². The molecule has 0 aromatic carbocycles. The van der Waals surface area contributed by atoms with Gasteiger partial charge in [0.05, 0.1) is 17.0 Å². The Bertz CT molecular complexity index is 1090. The number of aromatic nitrogens is 2. The number of aryl methyl sites for hydroxylation is 1. The summed E-state index contributed by atoms with van der Waals surface area (Å²) in [5.41, 5.74) is 2.48. The lowest BCUT2D eigenvalue weighted by Gasteiger charge is -2.34. The van der Waals surface area contributed by atoms with Crippen molar-refractivity contribution in [2.75, 3.05) is 70.6 Å². The molecule has 0 unspecified atom stereocenters. The smallest absolute Gasteiger partial charge is 0.255 e. The van der Waals surface area contributed by atoms with Crippen LogP contribution in [0.25, 0.3) is 5.65 Å². The summed E-state index contributed by atoms with van der Waals surface area (Å²) in [4.78, 5) is 24.6. The Morgan fingerprint density at radius 2 is 1.74 bits per heavy atom. The summed E-state index contributed by atoms with van der Waals surface area (Å²) >= 11 is 0. The number of hydrogen-bond acceptors (Lipinski definition) is 6. The number of likely N-dealkylation sites (N-methyl/N-ethyl adjacent to an activating group) is 1. The van der Waals surface area contributed by atoms with Crippen LogP contribution in [0.1, 0.15) is 50.2 Å². The highest BCUT2D eigenvalue weighted by molar-refractivity contribution is 7.89. The number of pyridine rings is 1. The number of nitrogens with zero attached hydrogens (tertiary/aromatic N) is 6. The Morgan fingerprint density at radius 3 is 2.31 bits per heavy atom. The number of hydrogen-bond donors (Lipinski definition) is 0. The Kier molecular flexibility index (Phi) is 9.17. The maximum Gasteiger partial charge on any atom is 0.255 e. The van der Waals surface area contributed by atoms with Crippen molar-refractivity contribution in [3.05, 3.63) is 29.6 Å². The number of fused-ring (bicyclic) bond motifs is 1. The van der Waals surface area contributed by atoms with Crippen molar-refractivity contribution in [2.24, 2.45) is 5.92 Å². The average molecular weight is 507 g/mol. The molecule has 3 heterocycles. The molecule has 0 spiro atoms. The summed E-state index contributed by atoms with van der Waals surface area (Å²) in [6.45, 7) is 12.5. The lowest BCUT2D eigenvalue weighted by atomic mass is 10.1. The maximum atomic E-state index is 13.4. The minimum atomic E-state index is -3.23. The number of anilines is 1. The highest BCUT2D eigenvalue weighted by Crippen LogP contribution is 2.25. The Morgan fingerprint density at radius 1 is 1.06 bits per heavy atom. The van der Waals surface area contributed by atoms with Crippen molar-refractivity contribution in [3.8, 4) is 0 Å². The van der Waals surface area contributed by atoms with Gasteiger partial charge in [-0.05, 0) is 51.9 Å². The van der Waals surface area contributed by atoms with Crippen molar-refractivity contribution in [1.82, 2.24) is 23.5 Å². The second-order valence-electron chi connectivity index (χ2n) is 9.95. The predicted octanol–water partition coefficient (Wildman–Crippen LogP) is 2.42. The molecule has 10 heteroatoms. The highest BCUT2D eigenvalue weighted by atomic mass is 32.2. The Hall–Kier alpha value is -2.17. The summed E-state index contributed by atoms with van der Waals surface area (Å²) in [5.74, 6) is 1.68. The molecule has 0 atom stereocenters. The first kappa shape index (κ1) is 27.4. The third-order valence-electron chi connectivity index (χ3n) is 6.62. The lowest BCUT2D eigenvalue weighted by Crippen LogP contribution is -2.50. The fourth-order valence-corrected chi connectivity index (χ4v) is 5.46. The SMILES string of the molecule is CCc1nc2ccc(C(=O)N3CCN(S(=O)(=O)CC)CC3)cn2c1N(CCC(C)C)CCN(C)C. The van der Waals surface area contributed by atoms with Crippen LogP contribution in [0.15, 0.2) is 18.3 Å². The van der Waals surface area contributed by atoms with E-state index in [2.05, 4.69) is 49.1 Å². The normalized spacial score (nSPS) is 15.5. The number of amides is 1. The Labute approximate surface area is 210 Å². The van der Waals surface area contributed by atoms with Crippen molar-refractivity contribution in [1.29, 1.82) is 0 Å². The molecular formula is C25H42N6O3S. The van der Waals surface area contributed by atoms with E-state index in [0.717, 1.165) is 49.6 Å².